The highest BCUT2D eigenvalue weighted by Crippen LogP contribution is 2.47. The molecule has 4 aliphatic rings. The monoisotopic (exact) mass is 881 g/mol. The number of fused-ring (bicyclic) bond motifs is 4. The minimum atomic E-state index is -0.436. The summed E-state index contributed by atoms with van der Waals surface area (Å²) in [7, 11) is 10.8. The van der Waals surface area contributed by atoms with Gasteiger partial charge < -0.3 is 46.9 Å². The molecule has 4 fully saturated rings. The molecule has 0 spiro atoms. The Balaban J connectivity index is 0.836. The summed E-state index contributed by atoms with van der Waals surface area (Å²) in [5.41, 5.74) is 2.10. The fourth-order valence-electron chi connectivity index (χ4n) is 11.3. The summed E-state index contributed by atoms with van der Waals surface area (Å²) in [5.74, 6) is 1.40. The molecule has 0 aromatic heterocycles. The average molecular weight is 881 g/mol. The molecule has 4 saturated heterocycles. The Morgan fingerprint density at radius 1 is 0.492 bits per heavy atom. The summed E-state index contributed by atoms with van der Waals surface area (Å²) < 4.78 is 46.9. The molecule has 2 aromatic rings. The third kappa shape index (κ3) is 11.6. The van der Waals surface area contributed by atoms with Gasteiger partial charge in [-0.15, -0.1) is 0 Å². The van der Waals surface area contributed by atoms with Crippen LogP contribution in [-0.2, 0) is 41.7 Å². The van der Waals surface area contributed by atoms with Gasteiger partial charge in [0.05, 0.1) is 66.7 Å². The number of nitrogens with zero attached hydrogens (tertiary/aromatic N) is 2. The molecular weight excluding hydrogens is 809 g/mol. The Bertz CT molecular complexity index is 1720. The molecule has 14 heteroatoms. The first-order valence-corrected chi connectivity index (χ1v) is 23.1. The SMILES string of the molecule is COc1cc(C[N+]2(C)C3CCC2CC(OC(=O)CCCCCCCCCC(=O)OC2CC4CCC(C2)[N+]4(C)Cc2cc(OC)c(OC(C)=O)c(OC)c2)C3)cc(OC)c1OC(C)=O. The molecule has 4 unspecified atom stereocenters. The molecule has 63 heavy (non-hydrogen) atoms. The molecule has 4 aliphatic heterocycles. The molecule has 0 aliphatic carbocycles. The van der Waals surface area contributed by atoms with Crippen molar-refractivity contribution < 1.29 is 66.0 Å². The van der Waals surface area contributed by atoms with E-state index in [1.807, 2.05) is 24.3 Å². The van der Waals surface area contributed by atoms with Gasteiger partial charge in [0.15, 0.2) is 23.0 Å². The quantitative estimate of drug-likeness (QED) is 0.0488. The van der Waals surface area contributed by atoms with Crippen LogP contribution in [0.25, 0.3) is 0 Å². The zero-order valence-corrected chi connectivity index (χ0v) is 39.0. The molecule has 2 aromatic carbocycles. The lowest BCUT2D eigenvalue weighted by Crippen LogP contribution is -2.58. The van der Waals surface area contributed by atoms with E-state index in [0.29, 0.717) is 71.5 Å². The van der Waals surface area contributed by atoms with E-state index >= 15 is 0 Å². The molecule has 4 atom stereocenters. The van der Waals surface area contributed by atoms with Crippen LogP contribution in [0.4, 0.5) is 0 Å². The van der Waals surface area contributed by atoms with E-state index in [-0.39, 0.29) is 24.1 Å². The lowest BCUT2D eigenvalue weighted by Gasteiger charge is -2.47. The zero-order valence-electron chi connectivity index (χ0n) is 39.0. The van der Waals surface area contributed by atoms with Gasteiger partial charge in [-0.2, -0.15) is 0 Å². The van der Waals surface area contributed by atoms with Gasteiger partial charge in [0.1, 0.15) is 25.3 Å². The maximum Gasteiger partial charge on any atom is 0.308 e. The number of hydrogen-bond acceptors (Lipinski definition) is 12. The first-order chi connectivity index (χ1) is 30.2. The van der Waals surface area contributed by atoms with Crippen LogP contribution in [0.3, 0.4) is 0 Å². The maximum absolute atomic E-state index is 12.9. The van der Waals surface area contributed by atoms with E-state index in [0.717, 1.165) is 129 Å². The Morgan fingerprint density at radius 3 is 1.05 bits per heavy atom. The second-order valence-corrected chi connectivity index (χ2v) is 18.8. The van der Waals surface area contributed by atoms with Gasteiger partial charge in [-0.3, -0.25) is 19.2 Å². The van der Waals surface area contributed by atoms with Crippen LogP contribution >= 0.6 is 0 Å². The van der Waals surface area contributed by atoms with Crippen molar-refractivity contribution in [3.05, 3.63) is 35.4 Å². The average Bonchev–Trinajstić information content (AvgIpc) is 3.46. The third-order valence-corrected chi connectivity index (χ3v) is 14.6. The Morgan fingerprint density at radius 2 is 0.778 bits per heavy atom. The summed E-state index contributed by atoms with van der Waals surface area (Å²) >= 11 is 0. The number of carbonyl (C=O) groups is 4. The number of hydrogen-bond donors (Lipinski definition) is 0. The smallest absolute Gasteiger partial charge is 0.308 e. The minimum absolute atomic E-state index is 0.0448. The van der Waals surface area contributed by atoms with Gasteiger partial charge in [0, 0.05) is 89.2 Å². The molecule has 0 saturated carbocycles. The van der Waals surface area contributed by atoms with E-state index in [9.17, 15) is 19.2 Å². The van der Waals surface area contributed by atoms with E-state index < -0.39 is 11.9 Å². The summed E-state index contributed by atoms with van der Waals surface area (Å²) in [4.78, 5) is 49.2. The van der Waals surface area contributed by atoms with Crippen LogP contribution in [0, 0.1) is 0 Å². The fourth-order valence-corrected chi connectivity index (χ4v) is 11.3. The largest absolute Gasteiger partial charge is 0.493 e. The van der Waals surface area contributed by atoms with Crippen LogP contribution in [-0.4, -0.2) is 112 Å². The number of piperidine rings is 2. The highest BCUT2D eigenvalue weighted by atomic mass is 16.6. The second kappa shape index (κ2) is 21.4. The highest BCUT2D eigenvalue weighted by molar-refractivity contribution is 5.73. The summed E-state index contributed by atoms with van der Waals surface area (Å²) in [6.07, 6.45) is 15.5. The van der Waals surface area contributed by atoms with Gasteiger partial charge >= 0.3 is 23.9 Å². The van der Waals surface area contributed by atoms with Gasteiger partial charge in [0.2, 0.25) is 11.5 Å². The molecule has 0 radical (unpaired) electrons. The summed E-state index contributed by atoms with van der Waals surface area (Å²) in [6, 6.07) is 9.28. The molecule has 4 heterocycles. The predicted molar refractivity (Wildman–Crippen MR) is 235 cm³/mol. The molecule has 6 rings (SSSR count). The van der Waals surface area contributed by atoms with E-state index in [4.69, 9.17) is 37.9 Å². The first-order valence-electron chi connectivity index (χ1n) is 23.1. The molecule has 348 valence electrons. The number of carbonyl (C=O) groups excluding carboxylic acids is 4. The number of methoxy groups -OCH3 is 4. The highest BCUT2D eigenvalue weighted by Gasteiger charge is 2.54. The van der Waals surface area contributed by atoms with E-state index in [2.05, 4.69) is 14.1 Å². The molecule has 0 N–H and O–H groups in total. The standard InChI is InChI=1S/C49H72N2O12/c1-32(52)60-48-42(56-5)22-34(23-43(48)57-6)30-50(3)36-18-19-37(50)27-40(26-36)62-46(54)16-14-12-10-9-11-13-15-17-47(55)63-41-28-38-20-21-39(29-41)51(38,4)31-35-24-44(58-7)49(61-33(2)53)45(25-35)59-8/h22-25,36-41H,9-21,26-31H2,1-8H3/q+2. The maximum atomic E-state index is 12.9. The van der Waals surface area contributed by atoms with Gasteiger partial charge in [0.25, 0.3) is 0 Å². The zero-order chi connectivity index (χ0) is 45.3. The number of ether oxygens (including phenoxy) is 8. The molecule has 14 nitrogen and oxygen atoms in total. The fraction of sp³-hybridized carbons (Fsp3) is 0.673. The Labute approximate surface area is 373 Å². The normalized spacial score (nSPS) is 27.0. The predicted octanol–water partition coefficient (Wildman–Crippen LogP) is 8.15. The van der Waals surface area contributed by atoms with Crippen molar-refractivity contribution in [3.63, 3.8) is 0 Å². The third-order valence-electron chi connectivity index (χ3n) is 14.6. The number of quaternary nitrogens is 2. The Hall–Kier alpha value is -4.56. The lowest BCUT2D eigenvalue weighted by molar-refractivity contribution is -0.961. The number of rotatable bonds is 22. The number of esters is 4. The van der Waals surface area contributed by atoms with E-state index in [1.165, 1.54) is 13.8 Å². The van der Waals surface area contributed by atoms with Gasteiger partial charge in [-0.1, -0.05) is 32.1 Å². The first kappa shape index (κ1) is 47.9. The Kier molecular flexibility index (Phi) is 16.3. The van der Waals surface area contributed by atoms with Crippen LogP contribution in [0.15, 0.2) is 24.3 Å². The van der Waals surface area contributed by atoms with Crippen LogP contribution in [0.2, 0.25) is 0 Å². The van der Waals surface area contributed by atoms with Crippen molar-refractivity contribution in [2.24, 2.45) is 0 Å². The molecule has 0 amide bonds. The van der Waals surface area contributed by atoms with Crippen molar-refractivity contribution in [3.8, 4) is 34.5 Å². The minimum Gasteiger partial charge on any atom is -0.493 e. The van der Waals surface area contributed by atoms with Gasteiger partial charge in [-0.05, 0) is 37.1 Å². The lowest BCUT2D eigenvalue weighted by atomic mass is 9.95. The van der Waals surface area contributed by atoms with E-state index in [1.54, 1.807) is 28.4 Å². The topological polar surface area (TPSA) is 142 Å². The second-order valence-electron chi connectivity index (χ2n) is 18.8. The van der Waals surface area contributed by atoms with Crippen molar-refractivity contribution in [1.29, 1.82) is 0 Å². The number of benzene rings is 2. The van der Waals surface area contributed by atoms with Crippen LogP contribution in [0.1, 0.15) is 134 Å². The number of unbranched alkanes of at least 4 members (excludes halogenated alkanes) is 6. The van der Waals surface area contributed by atoms with Crippen LogP contribution < -0.4 is 28.4 Å². The van der Waals surface area contributed by atoms with Crippen molar-refractivity contribution in [2.45, 2.75) is 172 Å². The molecule has 4 bridgehead atoms. The van der Waals surface area contributed by atoms with Crippen molar-refractivity contribution >= 4 is 23.9 Å². The molecular formula is C49H72N2O12+2. The summed E-state index contributed by atoms with van der Waals surface area (Å²) in [5, 5.41) is 0. The van der Waals surface area contributed by atoms with Gasteiger partial charge in [-0.25, -0.2) is 0 Å². The van der Waals surface area contributed by atoms with Crippen LogP contribution in [0.5, 0.6) is 34.5 Å². The summed E-state index contributed by atoms with van der Waals surface area (Å²) in [6.45, 7) is 4.27. The van der Waals surface area contributed by atoms with Crippen molar-refractivity contribution in [2.75, 3.05) is 42.5 Å². The van der Waals surface area contributed by atoms with Crippen molar-refractivity contribution in [1.82, 2.24) is 0 Å².